The van der Waals surface area contributed by atoms with Crippen LogP contribution in [0.2, 0.25) is 0 Å². The van der Waals surface area contributed by atoms with Crippen LogP contribution in [0.1, 0.15) is 5.01 Å². The summed E-state index contributed by atoms with van der Waals surface area (Å²) in [4.78, 5) is 23.9. The van der Waals surface area contributed by atoms with Crippen molar-refractivity contribution in [2.45, 2.75) is 6.54 Å². The van der Waals surface area contributed by atoms with Gasteiger partial charge in [-0.05, 0) is 15.9 Å². The first-order valence-corrected chi connectivity index (χ1v) is 5.83. The molecule has 2 amide bonds. The van der Waals surface area contributed by atoms with E-state index in [4.69, 9.17) is 0 Å². The van der Waals surface area contributed by atoms with Gasteiger partial charge in [0.2, 0.25) is 0 Å². The zero-order valence-corrected chi connectivity index (χ0v) is 9.97. The lowest BCUT2D eigenvalue weighted by Gasteiger charge is -2.25. The zero-order chi connectivity index (χ0) is 10.8. The number of rotatable bonds is 2. The number of piperazine rings is 1. The van der Waals surface area contributed by atoms with Crippen molar-refractivity contribution in [3.63, 3.8) is 0 Å². The molecule has 2 rings (SSSR count). The lowest BCUT2D eigenvalue weighted by molar-refractivity contribution is -0.148. The summed E-state index contributed by atoms with van der Waals surface area (Å²) in [7, 11) is 0. The van der Waals surface area contributed by atoms with Crippen LogP contribution in [0.3, 0.4) is 0 Å². The lowest BCUT2D eigenvalue weighted by Crippen LogP contribution is -2.51. The van der Waals surface area contributed by atoms with E-state index in [0.29, 0.717) is 28.6 Å². The van der Waals surface area contributed by atoms with Gasteiger partial charge in [-0.2, -0.15) is 0 Å². The van der Waals surface area contributed by atoms with Crippen molar-refractivity contribution >= 4 is 39.1 Å². The fourth-order valence-electron chi connectivity index (χ4n) is 1.24. The minimum absolute atomic E-state index is 0.343. The van der Waals surface area contributed by atoms with E-state index < -0.39 is 11.8 Å². The van der Waals surface area contributed by atoms with Crippen molar-refractivity contribution in [1.29, 1.82) is 0 Å². The average molecular weight is 291 g/mol. The van der Waals surface area contributed by atoms with Crippen LogP contribution in [0.4, 0.5) is 0 Å². The fraction of sp³-hybridized carbons (Fsp3) is 0.429. The third kappa shape index (κ3) is 2.32. The molecule has 0 spiro atoms. The molecule has 8 heteroatoms. The van der Waals surface area contributed by atoms with Crippen LogP contribution in [-0.2, 0) is 16.1 Å². The number of nitrogens with zero attached hydrogens (tertiary/aromatic N) is 3. The van der Waals surface area contributed by atoms with Gasteiger partial charge in [-0.15, -0.1) is 10.2 Å². The van der Waals surface area contributed by atoms with Crippen LogP contribution >= 0.6 is 27.3 Å². The molecular formula is C7H7BrN4O2S. The summed E-state index contributed by atoms with van der Waals surface area (Å²) in [5.41, 5.74) is 0. The Kier molecular flexibility index (Phi) is 2.96. The van der Waals surface area contributed by atoms with Gasteiger partial charge >= 0.3 is 11.8 Å². The largest absolute Gasteiger partial charge is 0.346 e. The van der Waals surface area contributed by atoms with Gasteiger partial charge in [0.25, 0.3) is 0 Å². The van der Waals surface area contributed by atoms with E-state index in [9.17, 15) is 9.59 Å². The summed E-state index contributed by atoms with van der Waals surface area (Å²) in [5, 5.41) is 10.8. The van der Waals surface area contributed by atoms with E-state index in [-0.39, 0.29) is 0 Å². The molecule has 1 fully saturated rings. The molecule has 0 saturated carbocycles. The maximum absolute atomic E-state index is 11.4. The molecule has 0 unspecified atom stereocenters. The number of halogens is 1. The van der Waals surface area contributed by atoms with E-state index in [2.05, 4.69) is 31.4 Å². The summed E-state index contributed by atoms with van der Waals surface area (Å²) < 4.78 is 0.673. The molecule has 0 atom stereocenters. The van der Waals surface area contributed by atoms with Crippen LogP contribution in [0.5, 0.6) is 0 Å². The van der Waals surface area contributed by atoms with Crippen molar-refractivity contribution in [2.24, 2.45) is 0 Å². The van der Waals surface area contributed by atoms with E-state index in [0.717, 1.165) is 0 Å². The monoisotopic (exact) mass is 290 g/mol. The fourth-order valence-corrected chi connectivity index (χ4v) is 2.45. The highest BCUT2D eigenvalue weighted by Gasteiger charge is 2.26. The molecule has 1 N–H and O–H groups in total. The average Bonchev–Trinajstić information content (AvgIpc) is 2.59. The third-order valence-corrected chi connectivity index (χ3v) is 3.26. The van der Waals surface area contributed by atoms with Gasteiger partial charge in [-0.3, -0.25) is 9.59 Å². The van der Waals surface area contributed by atoms with Crippen LogP contribution in [-0.4, -0.2) is 40.0 Å². The van der Waals surface area contributed by atoms with E-state index in [1.54, 1.807) is 0 Å². The Labute approximate surface area is 97.8 Å². The van der Waals surface area contributed by atoms with Gasteiger partial charge in [-0.25, -0.2) is 0 Å². The summed E-state index contributed by atoms with van der Waals surface area (Å²) in [6.45, 7) is 1.35. The second kappa shape index (κ2) is 4.23. The predicted octanol–water partition coefficient (Wildman–Crippen LogP) is -0.241. The van der Waals surface area contributed by atoms with Crippen LogP contribution in [0.25, 0.3) is 0 Å². The van der Waals surface area contributed by atoms with Gasteiger partial charge in [0.1, 0.15) is 5.01 Å². The second-order valence-electron chi connectivity index (χ2n) is 2.93. The molecule has 2 heterocycles. The minimum Gasteiger partial charge on any atom is -0.346 e. The Morgan fingerprint density at radius 1 is 1.47 bits per heavy atom. The molecule has 6 nitrogen and oxygen atoms in total. The van der Waals surface area contributed by atoms with E-state index >= 15 is 0 Å². The number of hydrogen-bond donors (Lipinski definition) is 1. The Hall–Kier alpha value is -1.02. The van der Waals surface area contributed by atoms with Crippen LogP contribution in [0.15, 0.2) is 3.92 Å². The molecule has 1 aliphatic heterocycles. The number of amides is 2. The molecule has 80 valence electrons. The van der Waals surface area contributed by atoms with Gasteiger partial charge < -0.3 is 10.2 Å². The normalized spacial score (nSPS) is 16.7. The zero-order valence-electron chi connectivity index (χ0n) is 7.57. The number of carbonyl (C=O) groups is 2. The minimum atomic E-state index is -0.551. The molecule has 1 saturated heterocycles. The number of hydrogen-bond acceptors (Lipinski definition) is 5. The lowest BCUT2D eigenvalue weighted by atomic mass is 10.3. The van der Waals surface area contributed by atoms with Crippen molar-refractivity contribution in [3.05, 3.63) is 8.92 Å². The second-order valence-corrected chi connectivity index (χ2v) is 5.27. The number of carbonyl (C=O) groups excluding carboxylic acids is 2. The SMILES string of the molecule is O=C1NCCN(Cc2nnc(Br)s2)C1=O. The van der Waals surface area contributed by atoms with Crippen LogP contribution < -0.4 is 5.32 Å². The molecule has 1 aromatic rings. The molecule has 1 aliphatic rings. The Morgan fingerprint density at radius 3 is 2.93 bits per heavy atom. The van der Waals surface area contributed by atoms with Gasteiger partial charge in [-0.1, -0.05) is 11.3 Å². The molecular weight excluding hydrogens is 284 g/mol. The maximum Gasteiger partial charge on any atom is 0.312 e. The first-order valence-electron chi connectivity index (χ1n) is 4.22. The molecule has 0 aliphatic carbocycles. The van der Waals surface area contributed by atoms with Crippen molar-refractivity contribution in [2.75, 3.05) is 13.1 Å². The molecule has 1 aromatic heterocycles. The predicted molar refractivity (Wildman–Crippen MR) is 56.0 cm³/mol. The molecule has 0 radical (unpaired) electrons. The summed E-state index contributed by atoms with van der Waals surface area (Å²) in [6, 6.07) is 0. The topological polar surface area (TPSA) is 75.2 Å². The van der Waals surface area contributed by atoms with Crippen molar-refractivity contribution < 1.29 is 9.59 Å². The van der Waals surface area contributed by atoms with Gasteiger partial charge in [0.15, 0.2) is 3.92 Å². The molecule has 0 bridgehead atoms. The number of aromatic nitrogens is 2. The molecule has 0 aromatic carbocycles. The number of nitrogens with one attached hydrogen (secondary N) is 1. The van der Waals surface area contributed by atoms with Gasteiger partial charge in [0, 0.05) is 13.1 Å². The quantitative estimate of drug-likeness (QED) is 0.763. The highest BCUT2D eigenvalue weighted by atomic mass is 79.9. The molecule has 15 heavy (non-hydrogen) atoms. The standard InChI is InChI=1S/C7H7BrN4O2S/c8-7-11-10-4(15-7)3-12-2-1-9-5(13)6(12)14/h1-3H2,(H,9,13). The van der Waals surface area contributed by atoms with Crippen LogP contribution in [0, 0.1) is 0 Å². The smallest absolute Gasteiger partial charge is 0.312 e. The highest BCUT2D eigenvalue weighted by Crippen LogP contribution is 2.17. The summed E-state index contributed by atoms with van der Waals surface area (Å²) in [5.74, 6) is -1.06. The highest BCUT2D eigenvalue weighted by molar-refractivity contribution is 9.11. The van der Waals surface area contributed by atoms with Crippen molar-refractivity contribution in [3.8, 4) is 0 Å². The summed E-state index contributed by atoms with van der Waals surface area (Å²) in [6.07, 6.45) is 0. The first kappa shape index (κ1) is 10.5. The Balaban J connectivity index is 2.05. The van der Waals surface area contributed by atoms with Gasteiger partial charge in [0.05, 0.1) is 6.54 Å². The maximum atomic E-state index is 11.4. The Morgan fingerprint density at radius 2 is 2.27 bits per heavy atom. The first-order chi connectivity index (χ1) is 7.16. The van der Waals surface area contributed by atoms with E-state index in [1.165, 1.54) is 16.2 Å². The van der Waals surface area contributed by atoms with Crippen molar-refractivity contribution in [1.82, 2.24) is 20.4 Å². The Bertz CT molecular complexity index is 407. The summed E-state index contributed by atoms with van der Waals surface area (Å²) >= 11 is 4.54. The van der Waals surface area contributed by atoms with E-state index in [1.807, 2.05) is 0 Å². The third-order valence-electron chi connectivity index (χ3n) is 1.92.